The first-order chi connectivity index (χ1) is 25.7. The second kappa shape index (κ2) is 11.4. The van der Waals surface area contributed by atoms with Crippen molar-refractivity contribution < 1.29 is 4.74 Å². The highest BCUT2D eigenvalue weighted by Gasteiger charge is 2.42. The molecule has 5 heteroatoms. The third-order valence-electron chi connectivity index (χ3n) is 10.7. The zero-order valence-electron chi connectivity index (χ0n) is 28.5. The minimum Gasteiger partial charge on any atom is -0.458 e. The molecule has 11 rings (SSSR count). The van der Waals surface area contributed by atoms with E-state index in [4.69, 9.17) is 4.74 Å². The predicted molar refractivity (Wildman–Crippen MR) is 222 cm³/mol. The molecule has 0 amide bonds. The average molecular weight is 683 g/mol. The molecular formula is C47H31BN2OS. The normalized spacial score (nSPS) is 12.8. The largest absolute Gasteiger partial charge is 0.458 e. The van der Waals surface area contributed by atoms with Gasteiger partial charge in [0, 0.05) is 54.3 Å². The van der Waals surface area contributed by atoms with Crippen LogP contribution < -0.4 is 30.9 Å². The van der Waals surface area contributed by atoms with Gasteiger partial charge < -0.3 is 14.5 Å². The molecule has 0 radical (unpaired) electrons. The fourth-order valence-corrected chi connectivity index (χ4v) is 9.74. The summed E-state index contributed by atoms with van der Waals surface area (Å²) in [4.78, 5) is 4.73. The lowest BCUT2D eigenvalue weighted by atomic mass is 9.34. The molecule has 8 aromatic carbocycles. The van der Waals surface area contributed by atoms with Crippen molar-refractivity contribution in [2.75, 3.05) is 9.80 Å². The lowest BCUT2D eigenvalue weighted by molar-refractivity contribution is 0.488. The topological polar surface area (TPSA) is 15.7 Å². The highest BCUT2D eigenvalue weighted by molar-refractivity contribution is 7.26. The molecule has 0 N–H and O–H groups in total. The zero-order chi connectivity index (χ0) is 34.3. The average Bonchev–Trinajstić information content (AvgIpc) is 3.56. The Labute approximate surface area is 306 Å². The van der Waals surface area contributed by atoms with Gasteiger partial charge in [-0.25, -0.2) is 0 Å². The minimum absolute atomic E-state index is 0.0707. The number of benzene rings is 8. The number of thiophene rings is 1. The third-order valence-corrected chi connectivity index (χ3v) is 11.9. The highest BCUT2D eigenvalue weighted by atomic mass is 32.1. The highest BCUT2D eigenvalue weighted by Crippen LogP contribution is 2.45. The number of nitrogens with zero attached hydrogens (tertiary/aromatic N) is 2. The van der Waals surface area contributed by atoms with Gasteiger partial charge in [0.2, 0.25) is 0 Å². The van der Waals surface area contributed by atoms with Crippen LogP contribution in [0.3, 0.4) is 0 Å². The Kier molecular flexibility index (Phi) is 6.43. The second-order valence-electron chi connectivity index (χ2n) is 13.8. The smallest absolute Gasteiger partial charge is 0.256 e. The number of rotatable bonds is 4. The van der Waals surface area contributed by atoms with Crippen LogP contribution in [-0.2, 0) is 0 Å². The summed E-state index contributed by atoms with van der Waals surface area (Å²) in [6.07, 6.45) is 0. The van der Waals surface area contributed by atoms with Crippen molar-refractivity contribution >= 4 is 99.5 Å². The SMILES string of the molecule is Cc1cc2c3c(c1)N(c1ccccc1)c1ccccc1B3c1cc3sc4c5ccc(N(c6ccccc6)c6ccccc6)cc5ccc4c3cc1O2. The molecule has 0 atom stereocenters. The Hall–Kier alpha value is -6.30. The van der Waals surface area contributed by atoms with Crippen LogP contribution in [0.4, 0.5) is 34.1 Å². The van der Waals surface area contributed by atoms with Crippen LogP contribution in [-0.4, -0.2) is 6.71 Å². The molecule has 0 saturated heterocycles. The standard InChI is InChI=1S/C47H31BN2OS/c1-30-25-42-46-44(26-30)51-43-28-38-37-23-21-31-27-35(49(32-13-5-2-6-14-32)33-15-7-3-8-16-33)22-24-36(31)47(37)52-45(38)29-40(43)48(46)39-19-11-12-20-41(39)50(42)34-17-9-4-10-18-34/h2-29H,1H3. The molecule has 2 aliphatic rings. The summed E-state index contributed by atoms with van der Waals surface area (Å²) in [7, 11) is 0. The van der Waals surface area contributed by atoms with E-state index in [1.54, 1.807) is 0 Å². The molecule has 9 aromatic rings. The van der Waals surface area contributed by atoms with Gasteiger partial charge in [0.15, 0.2) is 0 Å². The van der Waals surface area contributed by atoms with E-state index in [2.05, 4.69) is 187 Å². The second-order valence-corrected chi connectivity index (χ2v) is 14.9. The van der Waals surface area contributed by atoms with Crippen LogP contribution in [0.1, 0.15) is 5.56 Å². The number of fused-ring (bicyclic) bond motifs is 9. The summed E-state index contributed by atoms with van der Waals surface area (Å²) in [6.45, 7) is 2.24. The van der Waals surface area contributed by atoms with Crippen LogP contribution >= 0.6 is 11.3 Å². The summed E-state index contributed by atoms with van der Waals surface area (Å²) < 4.78 is 9.50. The molecule has 3 heterocycles. The molecule has 0 fully saturated rings. The maximum Gasteiger partial charge on any atom is 0.256 e. The molecule has 0 aliphatic carbocycles. The monoisotopic (exact) mass is 682 g/mol. The first-order valence-electron chi connectivity index (χ1n) is 17.8. The molecule has 0 spiro atoms. The van der Waals surface area contributed by atoms with Gasteiger partial charge in [-0.3, -0.25) is 0 Å². The van der Waals surface area contributed by atoms with E-state index < -0.39 is 0 Å². The van der Waals surface area contributed by atoms with Crippen molar-refractivity contribution in [1.82, 2.24) is 0 Å². The van der Waals surface area contributed by atoms with Crippen LogP contribution in [0.2, 0.25) is 0 Å². The Balaban J connectivity index is 1.08. The first-order valence-corrected chi connectivity index (χ1v) is 18.6. The van der Waals surface area contributed by atoms with Crippen molar-refractivity contribution in [3.8, 4) is 11.5 Å². The summed E-state index contributed by atoms with van der Waals surface area (Å²) in [5, 5.41) is 5.00. The van der Waals surface area contributed by atoms with Crippen LogP contribution in [0.5, 0.6) is 11.5 Å². The van der Waals surface area contributed by atoms with E-state index in [1.165, 1.54) is 64.3 Å². The lowest BCUT2D eigenvalue weighted by Crippen LogP contribution is -2.59. The molecule has 0 saturated carbocycles. The van der Waals surface area contributed by atoms with E-state index in [1.807, 2.05) is 11.3 Å². The third kappa shape index (κ3) is 4.39. The van der Waals surface area contributed by atoms with Gasteiger partial charge in [-0.1, -0.05) is 91.0 Å². The number of para-hydroxylation sites is 4. The molecule has 52 heavy (non-hydrogen) atoms. The van der Waals surface area contributed by atoms with E-state index in [9.17, 15) is 0 Å². The van der Waals surface area contributed by atoms with E-state index >= 15 is 0 Å². The fourth-order valence-electron chi connectivity index (χ4n) is 8.47. The Bertz CT molecular complexity index is 2810. The van der Waals surface area contributed by atoms with Gasteiger partial charge >= 0.3 is 0 Å². The zero-order valence-corrected chi connectivity index (χ0v) is 29.3. The van der Waals surface area contributed by atoms with Crippen molar-refractivity contribution in [2.45, 2.75) is 6.92 Å². The van der Waals surface area contributed by atoms with Gasteiger partial charge in [-0.05, 0) is 119 Å². The van der Waals surface area contributed by atoms with Crippen LogP contribution in [0, 0.1) is 6.92 Å². The van der Waals surface area contributed by atoms with Crippen molar-refractivity contribution in [2.24, 2.45) is 0 Å². The Morgan fingerprint density at radius 3 is 2.00 bits per heavy atom. The van der Waals surface area contributed by atoms with Crippen molar-refractivity contribution in [3.05, 3.63) is 175 Å². The Morgan fingerprint density at radius 2 is 1.23 bits per heavy atom. The van der Waals surface area contributed by atoms with E-state index in [0.29, 0.717) is 0 Å². The molecule has 0 unspecified atom stereocenters. The van der Waals surface area contributed by atoms with E-state index in [0.717, 1.165) is 34.2 Å². The summed E-state index contributed by atoms with van der Waals surface area (Å²) in [5.74, 6) is 1.89. The number of aryl methyl sites for hydroxylation is 1. The van der Waals surface area contributed by atoms with Gasteiger partial charge in [0.25, 0.3) is 6.71 Å². The number of hydrogen-bond acceptors (Lipinski definition) is 4. The molecule has 2 aliphatic heterocycles. The lowest BCUT2D eigenvalue weighted by Gasteiger charge is -2.40. The predicted octanol–water partition coefficient (Wildman–Crippen LogP) is 11.4. The first kappa shape index (κ1) is 29.4. The molecule has 244 valence electrons. The molecule has 1 aromatic heterocycles. The van der Waals surface area contributed by atoms with Gasteiger partial charge in [-0.15, -0.1) is 11.3 Å². The van der Waals surface area contributed by atoms with Crippen LogP contribution in [0.15, 0.2) is 170 Å². The maximum atomic E-state index is 6.92. The van der Waals surface area contributed by atoms with Crippen molar-refractivity contribution in [3.63, 3.8) is 0 Å². The maximum absolute atomic E-state index is 6.92. The summed E-state index contributed by atoms with van der Waals surface area (Å²) in [5.41, 5.74) is 11.9. The van der Waals surface area contributed by atoms with Gasteiger partial charge in [-0.2, -0.15) is 0 Å². The Morgan fingerprint density at radius 1 is 0.538 bits per heavy atom. The van der Waals surface area contributed by atoms with Crippen LogP contribution in [0.25, 0.3) is 30.9 Å². The van der Waals surface area contributed by atoms with Gasteiger partial charge in [0.05, 0.1) is 0 Å². The number of hydrogen-bond donors (Lipinski definition) is 0. The summed E-state index contributed by atoms with van der Waals surface area (Å²) >= 11 is 1.89. The quantitative estimate of drug-likeness (QED) is 0.172. The number of ether oxygens (including phenoxy) is 1. The fraction of sp³-hybridized carbons (Fsp3) is 0.0213. The van der Waals surface area contributed by atoms with E-state index in [-0.39, 0.29) is 6.71 Å². The minimum atomic E-state index is 0.0707. The van der Waals surface area contributed by atoms with Gasteiger partial charge in [0.1, 0.15) is 11.5 Å². The molecular weight excluding hydrogens is 651 g/mol. The molecule has 3 nitrogen and oxygen atoms in total. The number of anilines is 6. The van der Waals surface area contributed by atoms with Crippen molar-refractivity contribution in [1.29, 1.82) is 0 Å². The molecule has 0 bridgehead atoms. The summed E-state index contributed by atoms with van der Waals surface area (Å²) in [6, 6.07) is 61.5.